The zero-order valence-corrected chi connectivity index (χ0v) is 15.5. The standard InChI is InChI=1S/C20H30N2O3/c1-20(2,3)16-10-8-15(9-11-16)19(25)22-13-18(24)21-12-17(23)14-6-4-5-7-14/h8-11,14,17,23H,4-7,12-13H2,1-3H3,(H,21,24)(H,22,25). The van der Waals surface area contributed by atoms with Crippen LogP contribution in [0.2, 0.25) is 0 Å². The van der Waals surface area contributed by atoms with Crippen molar-refractivity contribution in [2.75, 3.05) is 13.1 Å². The summed E-state index contributed by atoms with van der Waals surface area (Å²) in [5, 5.41) is 15.4. The number of aliphatic hydroxyl groups is 1. The molecule has 3 N–H and O–H groups in total. The zero-order chi connectivity index (χ0) is 18.4. The summed E-state index contributed by atoms with van der Waals surface area (Å²) in [6.07, 6.45) is 3.86. The van der Waals surface area contributed by atoms with E-state index in [2.05, 4.69) is 31.4 Å². The number of nitrogens with one attached hydrogen (secondary N) is 2. The summed E-state index contributed by atoms with van der Waals surface area (Å²) in [7, 11) is 0. The third-order valence-electron chi connectivity index (χ3n) is 4.87. The molecule has 1 aliphatic carbocycles. The summed E-state index contributed by atoms with van der Waals surface area (Å²) in [5.41, 5.74) is 1.73. The first-order valence-corrected chi connectivity index (χ1v) is 9.11. The normalized spacial score (nSPS) is 16.5. The Bertz CT molecular complexity index is 584. The highest BCUT2D eigenvalue weighted by atomic mass is 16.3. The average molecular weight is 346 g/mol. The maximum Gasteiger partial charge on any atom is 0.251 e. The number of hydrogen-bond acceptors (Lipinski definition) is 3. The summed E-state index contributed by atoms with van der Waals surface area (Å²) in [6, 6.07) is 7.43. The van der Waals surface area contributed by atoms with Crippen LogP contribution in [-0.2, 0) is 10.2 Å². The Morgan fingerprint density at radius 2 is 1.72 bits per heavy atom. The van der Waals surface area contributed by atoms with Crippen molar-refractivity contribution in [2.24, 2.45) is 5.92 Å². The first-order valence-electron chi connectivity index (χ1n) is 9.11. The number of aliphatic hydroxyl groups excluding tert-OH is 1. The van der Waals surface area contributed by atoms with Crippen molar-refractivity contribution < 1.29 is 14.7 Å². The summed E-state index contributed by atoms with van der Waals surface area (Å²) < 4.78 is 0. The van der Waals surface area contributed by atoms with Crippen LogP contribution in [-0.4, -0.2) is 36.1 Å². The van der Waals surface area contributed by atoms with Gasteiger partial charge in [0.15, 0.2) is 0 Å². The minimum absolute atomic E-state index is 0.0368. The van der Waals surface area contributed by atoms with Gasteiger partial charge in [0.25, 0.3) is 5.91 Å². The smallest absolute Gasteiger partial charge is 0.251 e. The molecule has 1 unspecified atom stereocenters. The lowest BCUT2D eigenvalue weighted by Gasteiger charge is -2.19. The molecule has 1 aromatic rings. The number of carbonyl (C=O) groups is 2. The maximum absolute atomic E-state index is 12.1. The first-order chi connectivity index (χ1) is 11.8. The highest BCUT2D eigenvalue weighted by Gasteiger charge is 2.23. The van der Waals surface area contributed by atoms with Gasteiger partial charge in [0, 0.05) is 12.1 Å². The van der Waals surface area contributed by atoms with Crippen LogP contribution in [0, 0.1) is 5.92 Å². The lowest BCUT2D eigenvalue weighted by atomic mass is 9.87. The molecule has 0 aromatic heterocycles. The Morgan fingerprint density at radius 1 is 1.12 bits per heavy atom. The first kappa shape index (κ1) is 19.4. The molecule has 5 heteroatoms. The summed E-state index contributed by atoms with van der Waals surface area (Å²) >= 11 is 0. The number of benzene rings is 1. The summed E-state index contributed by atoms with van der Waals surface area (Å²) in [6.45, 7) is 6.52. The maximum atomic E-state index is 12.1. The zero-order valence-electron chi connectivity index (χ0n) is 15.5. The van der Waals surface area contributed by atoms with Crippen molar-refractivity contribution in [3.05, 3.63) is 35.4 Å². The van der Waals surface area contributed by atoms with Crippen LogP contribution in [0.4, 0.5) is 0 Å². The summed E-state index contributed by atoms with van der Waals surface area (Å²) in [4.78, 5) is 24.0. The minimum Gasteiger partial charge on any atom is -0.391 e. The molecule has 1 aromatic carbocycles. The van der Waals surface area contributed by atoms with Gasteiger partial charge in [-0.1, -0.05) is 45.7 Å². The molecule has 1 aliphatic rings. The van der Waals surface area contributed by atoms with Crippen LogP contribution >= 0.6 is 0 Å². The quantitative estimate of drug-likeness (QED) is 0.740. The fraction of sp³-hybridized carbons (Fsp3) is 0.600. The van der Waals surface area contributed by atoms with Gasteiger partial charge in [-0.3, -0.25) is 9.59 Å². The van der Waals surface area contributed by atoms with Gasteiger partial charge in [0.05, 0.1) is 12.6 Å². The Morgan fingerprint density at radius 3 is 2.28 bits per heavy atom. The highest BCUT2D eigenvalue weighted by Crippen LogP contribution is 2.27. The van der Waals surface area contributed by atoms with Gasteiger partial charge in [0.1, 0.15) is 0 Å². The second kappa shape index (κ2) is 8.48. The van der Waals surface area contributed by atoms with E-state index in [1.807, 2.05) is 12.1 Å². The molecule has 5 nitrogen and oxygen atoms in total. The fourth-order valence-electron chi connectivity index (χ4n) is 3.17. The number of amides is 2. The third kappa shape index (κ3) is 5.85. The summed E-state index contributed by atoms with van der Waals surface area (Å²) in [5.74, 6) is -0.264. The largest absolute Gasteiger partial charge is 0.391 e. The predicted molar refractivity (Wildman–Crippen MR) is 98.4 cm³/mol. The van der Waals surface area contributed by atoms with Crippen molar-refractivity contribution in [3.63, 3.8) is 0 Å². The monoisotopic (exact) mass is 346 g/mol. The molecule has 2 amide bonds. The molecular weight excluding hydrogens is 316 g/mol. The van der Waals surface area contributed by atoms with E-state index in [1.165, 1.54) is 0 Å². The number of hydrogen-bond donors (Lipinski definition) is 3. The van der Waals surface area contributed by atoms with Crippen molar-refractivity contribution >= 4 is 11.8 Å². The van der Waals surface area contributed by atoms with E-state index in [4.69, 9.17) is 0 Å². The molecule has 25 heavy (non-hydrogen) atoms. The molecule has 1 fully saturated rings. The van der Waals surface area contributed by atoms with Crippen LogP contribution in [0.25, 0.3) is 0 Å². The van der Waals surface area contributed by atoms with Gasteiger partial charge < -0.3 is 15.7 Å². The van der Waals surface area contributed by atoms with E-state index < -0.39 is 6.10 Å². The van der Waals surface area contributed by atoms with E-state index >= 15 is 0 Å². The molecule has 0 saturated heterocycles. The number of carbonyl (C=O) groups excluding carboxylic acids is 2. The van der Waals surface area contributed by atoms with E-state index in [1.54, 1.807) is 12.1 Å². The van der Waals surface area contributed by atoms with Crippen LogP contribution < -0.4 is 10.6 Å². The van der Waals surface area contributed by atoms with Crippen molar-refractivity contribution in [1.82, 2.24) is 10.6 Å². The molecule has 0 bridgehead atoms. The minimum atomic E-state index is -0.493. The Kier molecular flexibility index (Phi) is 6.59. The Labute approximate surface area is 150 Å². The van der Waals surface area contributed by atoms with Crippen molar-refractivity contribution in [2.45, 2.75) is 58.0 Å². The average Bonchev–Trinajstić information content (AvgIpc) is 3.11. The van der Waals surface area contributed by atoms with Crippen molar-refractivity contribution in [3.8, 4) is 0 Å². The molecule has 0 aliphatic heterocycles. The SMILES string of the molecule is CC(C)(C)c1ccc(C(=O)NCC(=O)NCC(O)C2CCCC2)cc1. The van der Waals surface area contributed by atoms with Gasteiger partial charge >= 0.3 is 0 Å². The molecule has 0 spiro atoms. The van der Waals surface area contributed by atoms with Gasteiger partial charge in [0.2, 0.25) is 5.91 Å². The van der Waals surface area contributed by atoms with Gasteiger partial charge in [-0.25, -0.2) is 0 Å². The van der Waals surface area contributed by atoms with E-state index in [9.17, 15) is 14.7 Å². The second-order valence-corrected chi connectivity index (χ2v) is 7.93. The number of rotatable bonds is 6. The van der Waals surface area contributed by atoms with Crippen LogP contribution in [0.5, 0.6) is 0 Å². The molecule has 2 rings (SSSR count). The highest BCUT2D eigenvalue weighted by molar-refractivity contribution is 5.96. The van der Waals surface area contributed by atoms with Crippen LogP contribution in [0.1, 0.15) is 62.4 Å². The van der Waals surface area contributed by atoms with Crippen LogP contribution in [0.15, 0.2) is 24.3 Å². The molecular formula is C20H30N2O3. The van der Waals surface area contributed by atoms with E-state index in [0.717, 1.165) is 31.2 Å². The van der Waals surface area contributed by atoms with Gasteiger partial charge in [-0.15, -0.1) is 0 Å². The van der Waals surface area contributed by atoms with Gasteiger partial charge in [-0.2, -0.15) is 0 Å². The molecule has 1 saturated carbocycles. The lowest BCUT2D eigenvalue weighted by Crippen LogP contribution is -2.41. The topological polar surface area (TPSA) is 78.4 Å². The molecule has 0 radical (unpaired) electrons. The third-order valence-corrected chi connectivity index (χ3v) is 4.87. The Balaban J connectivity index is 1.74. The fourth-order valence-corrected chi connectivity index (χ4v) is 3.17. The van der Waals surface area contributed by atoms with E-state index in [0.29, 0.717) is 5.56 Å². The van der Waals surface area contributed by atoms with E-state index in [-0.39, 0.29) is 36.2 Å². The second-order valence-electron chi connectivity index (χ2n) is 7.93. The van der Waals surface area contributed by atoms with Gasteiger partial charge in [-0.05, 0) is 41.9 Å². The molecule has 1 atom stereocenters. The Hall–Kier alpha value is -1.88. The van der Waals surface area contributed by atoms with Crippen LogP contribution in [0.3, 0.4) is 0 Å². The van der Waals surface area contributed by atoms with Crippen molar-refractivity contribution in [1.29, 1.82) is 0 Å². The molecule has 138 valence electrons. The molecule has 0 heterocycles. The predicted octanol–water partition coefficient (Wildman–Crippen LogP) is 2.38. The lowest BCUT2D eigenvalue weighted by molar-refractivity contribution is -0.120.